The first-order valence-corrected chi connectivity index (χ1v) is 8.00. The summed E-state index contributed by atoms with van der Waals surface area (Å²) >= 11 is 0. The highest BCUT2D eigenvalue weighted by atomic mass is 16.4. The number of aromatic carboxylic acids is 1. The SMILES string of the molecule is Cc1cccc(C=C2CCc3c2oc2ccc(C(=O)O)cc2c3=O)n1. The maximum atomic E-state index is 12.8. The van der Waals surface area contributed by atoms with Crippen molar-refractivity contribution in [1.82, 2.24) is 4.98 Å². The van der Waals surface area contributed by atoms with Crippen molar-refractivity contribution in [2.45, 2.75) is 19.8 Å². The second-order valence-corrected chi connectivity index (χ2v) is 6.13. The molecular weight excluding hydrogens is 318 g/mol. The number of carboxylic acid groups (broad SMARTS) is 1. The van der Waals surface area contributed by atoms with E-state index in [9.17, 15) is 9.59 Å². The highest BCUT2D eigenvalue weighted by Gasteiger charge is 2.24. The molecule has 0 saturated carbocycles. The molecule has 3 aromatic rings. The Morgan fingerprint density at radius 1 is 1.24 bits per heavy atom. The van der Waals surface area contributed by atoms with Crippen molar-refractivity contribution in [1.29, 1.82) is 0 Å². The van der Waals surface area contributed by atoms with Gasteiger partial charge in [0.15, 0.2) is 5.43 Å². The van der Waals surface area contributed by atoms with Gasteiger partial charge in [0.05, 0.1) is 16.6 Å². The molecule has 1 aromatic carbocycles. The number of rotatable bonds is 2. The standard InChI is InChI=1S/C20H15NO4/c1-11-3-2-4-14(21-11)9-12-5-7-15-18(22)16-10-13(20(23)24)6-8-17(16)25-19(12)15/h2-4,6,8-10H,5,7H2,1H3,(H,23,24). The van der Waals surface area contributed by atoms with Crippen LogP contribution in [-0.2, 0) is 6.42 Å². The minimum atomic E-state index is -1.06. The number of aryl methyl sites for hydroxylation is 1. The monoisotopic (exact) mass is 333 g/mol. The van der Waals surface area contributed by atoms with Crippen LogP contribution in [0.3, 0.4) is 0 Å². The van der Waals surface area contributed by atoms with Gasteiger partial charge in [-0.2, -0.15) is 0 Å². The molecule has 4 rings (SSSR count). The van der Waals surface area contributed by atoms with E-state index in [0.29, 0.717) is 35.1 Å². The summed E-state index contributed by atoms with van der Waals surface area (Å²) in [7, 11) is 0. The molecule has 5 heteroatoms. The zero-order valence-corrected chi connectivity index (χ0v) is 13.6. The van der Waals surface area contributed by atoms with E-state index in [2.05, 4.69) is 4.98 Å². The predicted octanol–water partition coefficient (Wildman–Crippen LogP) is 3.68. The van der Waals surface area contributed by atoms with Crippen LogP contribution >= 0.6 is 0 Å². The highest BCUT2D eigenvalue weighted by molar-refractivity contribution is 5.94. The minimum Gasteiger partial charge on any atom is -0.478 e. The van der Waals surface area contributed by atoms with Crippen molar-refractivity contribution in [3.63, 3.8) is 0 Å². The molecule has 2 heterocycles. The molecule has 1 aliphatic rings. The van der Waals surface area contributed by atoms with Crippen molar-refractivity contribution in [3.05, 3.63) is 74.9 Å². The number of allylic oxidation sites excluding steroid dienone is 1. The lowest BCUT2D eigenvalue weighted by molar-refractivity contribution is 0.0697. The molecule has 0 unspecified atom stereocenters. The summed E-state index contributed by atoms with van der Waals surface area (Å²) in [4.78, 5) is 28.3. The molecule has 0 fully saturated rings. The van der Waals surface area contributed by atoms with Crippen LogP contribution in [0.2, 0.25) is 0 Å². The Hall–Kier alpha value is -3.21. The van der Waals surface area contributed by atoms with Gasteiger partial charge in [-0.1, -0.05) is 6.07 Å². The molecule has 0 radical (unpaired) electrons. The zero-order chi connectivity index (χ0) is 17.6. The number of hydrogen-bond acceptors (Lipinski definition) is 4. The number of benzene rings is 1. The average molecular weight is 333 g/mol. The molecular formula is C20H15NO4. The van der Waals surface area contributed by atoms with Gasteiger partial charge in [-0.15, -0.1) is 0 Å². The molecule has 0 saturated heterocycles. The molecule has 1 N–H and O–H groups in total. The maximum Gasteiger partial charge on any atom is 0.335 e. The summed E-state index contributed by atoms with van der Waals surface area (Å²) in [5.74, 6) is -0.475. The maximum absolute atomic E-state index is 12.8. The molecule has 0 atom stereocenters. The summed E-state index contributed by atoms with van der Waals surface area (Å²) in [6, 6.07) is 10.2. The topological polar surface area (TPSA) is 80.4 Å². The highest BCUT2D eigenvalue weighted by Crippen LogP contribution is 2.34. The van der Waals surface area contributed by atoms with E-state index in [1.165, 1.54) is 12.1 Å². The van der Waals surface area contributed by atoms with Gasteiger partial charge in [0.25, 0.3) is 0 Å². The second-order valence-electron chi connectivity index (χ2n) is 6.13. The van der Waals surface area contributed by atoms with Gasteiger partial charge in [0.2, 0.25) is 0 Å². The van der Waals surface area contributed by atoms with Gasteiger partial charge in [-0.25, -0.2) is 4.79 Å². The predicted molar refractivity (Wildman–Crippen MR) is 94.6 cm³/mol. The number of fused-ring (bicyclic) bond motifs is 2. The third-order valence-corrected chi connectivity index (χ3v) is 4.40. The summed E-state index contributed by atoms with van der Waals surface area (Å²) in [5, 5.41) is 9.42. The molecule has 124 valence electrons. The first-order chi connectivity index (χ1) is 12.0. The lowest BCUT2D eigenvalue weighted by atomic mass is 10.1. The smallest absolute Gasteiger partial charge is 0.335 e. The Bertz CT molecular complexity index is 1110. The van der Waals surface area contributed by atoms with E-state index in [-0.39, 0.29) is 11.0 Å². The van der Waals surface area contributed by atoms with Crippen LogP contribution in [-0.4, -0.2) is 16.1 Å². The van der Waals surface area contributed by atoms with E-state index in [4.69, 9.17) is 9.52 Å². The quantitative estimate of drug-likeness (QED) is 0.774. The Balaban J connectivity index is 1.88. The fraction of sp³-hybridized carbons (Fsp3) is 0.150. The van der Waals surface area contributed by atoms with Crippen LogP contribution in [0, 0.1) is 6.92 Å². The van der Waals surface area contributed by atoms with Crippen LogP contribution in [0.4, 0.5) is 0 Å². The second kappa shape index (κ2) is 5.70. The summed E-state index contributed by atoms with van der Waals surface area (Å²) in [6.45, 7) is 1.93. The number of aromatic nitrogens is 1. The van der Waals surface area contributed by atoms with E-state index < -0.39 is 5.97 Å². The van der Waals surface area contributed by atoms with Crippen molar-refractivity contribution < 1.29 is 14.3 Å². The molecule has 0 aliphatic heterocycles. The molecule has 2 aromatic heterocycles. The van der Waals surface area contributed by atoms with Gasteiger partial charge in [-0.3, -0.25) is 9.78 Å². The van der Waals surface area contributed by atoms with E-state index in [1.54, 1.807) is 6.07 Å². The van der Waals surface area contributed by atoms with Crippen molar-refractivity contribution in [2.75, 3.05) is 0 Å². The minimum absolute atomic E-state index is 0.0810. The van der Waals surface area contributed by atoms with Crippen LogP contribution in [0.15, 0.2) is 45.6 Å². The normalized spacial score (nSPS) is 14.8. The van der Waals surface area contributed by atoms with E-state index in [0.717, 1.165) is 17.0 Å². The van der Waals surface area contributed by atoms with Crippen LogP contribution in [0.5, 0.6) is 0 Å². The summed E-state index contributed by atoms with van der Waals surface area (Å²) in [6.07, 6.45) is 3.23. The number of hydrogen-bond donors (Lipinski definition) is 1. The molecule has 5 nitrogen and oxygen atoms in total. The number of pyridine rings is 1. The molecule has 1 aliphatic carbocycles. The largest absolute Gasteiger partial charge is 0.478 e. The van der Waals surface area contributed by atoms with Gasteiger partial charge in [0.1, 0.15) is 11.3 Å². The van der Waals surface area contributed by atoms with Crippen LogP contribution < -0.4 is 5.43 Å². The van der Waals surface area contributed by atoms with Gasteiger partial charge < -0.3 is 9.52 Å². The van der Waals surface area contributed by atoms with E-state index in [1.807, 2.05) is 31.2 Å². The van der Waals surface area contributed by atoms with Crippen molar-refractivity contribution in [2.24, 2.45) is 0 Å². The third kappa shape index (κ3) is 2.63. The van der Waals surface area contributed by atoms with Gasteiger partial charge >= 0.3 is 5.97 Å². The van der Waals surface area contributed by atoms with Gasteiger partial charge in [-0.05, 0) is 61.7 Å². The first-order valence-electron chi connectivity index (χ1n) is 8.00. The zero-order valence-electron chi connectivity index (χ0n) is 13.6. The fourth-order valence-corrected chi connectivity index (χ4v) is 3.19. The van der Waals surface area contributed by atoms with E-state index >= 15 is 0 Å². The average Bonchev–Trinajstić information content (AvgIpc) is 2.98. The summed E-state index contributed by atoms with van der Waals surface area (Å²) in [5.41, 5.74) is 3.63. The van der Waals surface area contributed by atoms with Gasteiger partial charge in [0, 0.05) is 11.3 Å². The number of carboxylic acids is 1. The summed E-state index contributed by atoms with van der Waals surface area (Å²) < 4.78 is 5.95. The Kier molecular flexibility index (Phi) is 3.50. The number of carbonyl (C=O) groups is 1. The van der Waals surface area contributed by atoms with Crippen LogP contribution in [0.25, 0.3) is 22.6 Å². The molecule has 0 spiro atoms. The third-order valence-electron chi connectivity index (χ3n) is 4.40. The first kappa shape index (κ1) is 15.3. The van der Waals surface area contributed by atoms with Crippen LogP contribution in [0.1, 0.15) is 39.5 Å². The molecule has 25 heavy (non-hydrogen) atoms. The fourth-order valence-electron chi connectivity index (χ4n) is 3.19. The lowest BCUT2D eigenvalue weighted by Gasteiger charge is -2.05. The number of nitrogens with zero attached hydrogens (tertiary/aromatic N) is 1. The molecule has 0 amide bonds. The Labute approximate surface area is 143 Å². The van der Waals surface area contributed by atoms with Crippen molar-refractivity contribution >= 4 is 28.6 Å². The lowest BCUT2D eigenvalue weighted by Crippen LogP contribution is -2.09. The Morgan fingerprint density at radius 2 is 2.08 bits per heavy atom. The Morgan fingerprint density at radius 3 is 2.84 bits per heavy atom. The van der Waals surface area contributed by atoms with Crippen molar-refractivity contribution in [3.8, 4) is 0 Å². The molecule has 0 bridgehead atoms.